The fourth-order valence-corrected chi connectivity index (χ4v) is 13.5. The first-order valence-electron chi connectivity index (χ1n) is 18.0. The standard InChI is InChI=1S/C49H33N3Si/c50-34-43-47(51-44-26-13-10-23-39(44)40-24-11-14-27-45(40)51)29-16-30-48(43)52-46-28-15-12-25-41(46)42-33-38(31-32-49(42)52)53(35-17-4-1-5-18-35,36-19-6-2-7-20-36)37-21-8-3-9-22-37/h1-33H. The Balaban J connectivity index is 1.27. The number of fused-ring (bicyclic) bond motifs is 6. The Morgan fingerprint density at radius 2 is 0.717 bits per heavy atom. The van der Waals surface area contributed by atoms with Gasteiger partial charge in [0.2, 0.25) is 0 Å². The second-order valence-electron chi connectivity index (χ2n) is 13.6. The minimum Gasteiger partial charge on any atom is -0.308 e. The first-order chi connectivity index (χ1) is 26.3. The lowest BCUT2D eigenvalue weighted by Crippen LogP contribution is -2.74. The fourth-order valence-electron chi connectivity index (χ4n) is 8.73. The van der Waals surface area contributed by atoms with Crippen molar-refractivity contribution in [3.05, 3.63) is 206 Å². The molecular formula is C49H33N3Si. The van der Waals surface area contributed by atoms with E-state index in [9.17, 15) is 5.26 Å². The van der Waals surface area contributed by atoms with Crippen LogP contribution in [0.5, 0.6) is 0 Å². The van der Waals surface area contributed by atoms with E-state index in [0.29, 0.717) is 5.56 Å². The van der Waals surface area contributed by atoms with E-state index in [1.54, 1.807) is 0 Å². The summed E-state index contributed by atoms with van der Waals surface area (Å²) in [6, 6.07) is 74.7. The Morgan fingerprint density at radius 3 is 1.15 bits per heavy atom. The van der Waals surface area contributed by atoms with E-state index >= 15 is 0 Å². The predicted molar refractivity (Wildman–Crippen MR) is 223 cm³/mol. The zero-order chi connectivity index (χ0) is 35.4. The maximum absolute atomic E-state index is 11.0. The second-order valence-corrected chi connectivity index (χ2v) is 17.4. The van der Waals surface area contributed by atoms with Crippen molar-refractivity contribution in [1.82, 2.24) is 9.13 Å². The van der Waals surface area contributed by atoms with E-state index in [-0.39, 0.29) is 0 Å². The van der Waals surface area contributed by atoms with Gasteiger partial charge in [0, 0.05) is 21.5 Å². The Bertz CT molecular complexity index is 2860. The largest absolute Gasteiger partial charge is 0.308 e. The summed E-state index contributed by atoms with van der Waals surface area (Å²) < 4.78 is 4.54. The molecule has 0 radical (unpaired) electrons. The maximum atomic E-state index is 11.0. The van der Waals surface area contributed by atoms with Gasteiger partial charge in [0.15, 0.2) is 8.07 Å². The van der Waals surface area contributed by atoms with E-state index in [1.807, 2.05) is 0 Å². The minimum atomic E-state index is -2.75. The fraction of sp³-hybridized carbons (Fsp3) is 0. The molecule has 0 aliphatic heterocycles. The molecule has 0 unspecified atom stereocenters. The van der Waals surface area contributed by atoms with Crippen molar-refractivity contribution in [1.29, 1.82) is 5.26 Å². The van der Waals surface area contributed by atoms with Crippen LogP contribution >= 0.6 is 0 Å². The number of aromatic nitrogens is 2. The van der Waals surface area contributed by atoms with Gasteiger partial charge in [-0.25, -0.2) is 0 Å². The van der Waals surface area contributed by atoms with E-state index in [2.05, 4.69) is 215 Å². The van der Waals surface area contributed by atoms with Gasteiger partial charge in [-0.2, -0.15) is 5.26 Å². The van der Waals surface area contributed by atoms with E-state index in [1.165, 1.54) is 36.9 Å². The summed E-state index contributed by atoms with van der Waals surface area (Å²) in [5, 5.41) is 21.0. The van der Waals surface area contributed by atoms with Gasteiger partial charge in [-0.1, -0.05) is 164 Å². The molecule has 53 heavy (non-hydrogen) atoms. The van der Waals surface area contributed by atoms with E-state index in [4.69, 9.17) is 0 Å². The van der Waals surface area contributed by atoms with E-state index in [0.717, 1.165) is 38.8 Å². The topological polar surface area (TPSA) is 33.6 Å². The van der Waals surface area contributed by atoms with Crippen molar-refractivity contribution in [2.45, 2.75) is 0 Å². The number of hydrogen-bond acceptors (Lipinski definition) is 1. The van der Waals surface area contributed by atoms with Crippen LogP contribution in [0.4, 0.5) is 0 Å². The summed E-state index contributed by atoms with van der Waals surface area (Å²) >= 11 is 0. The highest BCUT2D eigenvalue weighted by Gasteiger charge is 2.41. The highest BCUT2D eigenvalue weighted by atomic mass is 28.3. The summed E-state index contributed by atoms with van der Waals surface area (Å²) in [6.45, 7) is 0. The molecule has 10 aromatic rings. The van der Waals surface area contributed by atoms with Crippen LogP contribution in [0.15, 0.2) is 200 Å². The monoisotopic (exact) mass is 691 g/mol. The molecule has 0 spiro atoms. The van der Waals surface area contributed by atoms with Gasteiger partial charge in [0.1, 0.15) is 11.6 Å². The van der Waals surface area contributed by atoms with Gasteiger partial charge in [-0.3, -0.25) is 0 Å². The molecule has 0 aliphatic rings. The van der Waals surface area contributed by atoms with Gasteiger partial charge in [0.25, 0.3) is 0 Å². The van der Waals surface area contributed by atoms with Crippen LogP contribution in [0.25, 0.3) is 55.0 Å². The van der Waals surface area contributed by atoms with Crippen molar-refractivity contribution in [3.8, 4) is 17.4 Å². The predicted octanol–water partition coefficient (Wildman–Crippen LogP) is 9.13. The quantitative estimate of drug-likeness (QED) is 0.127. The third-order valence-corrected chi connectivity index (χ3v) is 15.7. The molecule has 8 aromatic carbocycles. The molecule has 248 valence electrons. The van der Waals surface area contributed by atoms with Crippen LogP contribution in [-0.2, 0) is 0 Å². The molecule has 2 aromatic heterocycles. The highest BCUT2D eigenvalue weighted by Crippen LogP contribution is 2.37. The number of para-hydroxylation sites is 3. The Hall–Kier alpha value is -6.93. The molecule has 0 fully saturated rings. The molecule has 0 saturated carbocycles. The smallest absolute Gasteiger partial charge is 0.179 e. The van der Waals surface area contributed by atoms with E-state index < -0.39 is 8.07 Å². The number of hydrogen-bond donors (Lipinski definition) is 0. The number of rotatable bonds is 6. The average molecular weight is 692 g/mol. The number of benzene rings is 8. The first kappa shape index (κ1) is 30.9. The van der Waals surface area contributed by atoms with Crippen LogP contribution in [0, 0.1) is 11.3 Å². The first-order valence-corrected chi connectivity index (χ1v) is 20.0. The summed E-state index contributed by atoms with van der Waals surface area (Å²) in [5.41, 5.74) is 6.67. The molecule has 2 heterocycles. The molecule has 10 rings (SSSR count). The van der Waals surface area contributed by atoms with Crippen LogP contribution in [0.2, 0.25) is 0 Å². The average Bonchev–Trinajstić information content (AvgIpc) is 3.75. The molecule has 0 atom stereocenters. The molecule has 0 amide bonds. The molecule has 4 heteroatoms. The Morgan fingerprint density at radius 1 is 0.340 bits per heavy atom. The molecular weight excluding hydrogens is 659 g/mol. The molecule has 0 saturated heterocycles. The van der Waals surface area contributed by atoms with Crippen molar-refractivity contribution in [2.24, 2.45) is 0 Å². The highest BCUT2D eigenvalue weighted by molar-refractivity contribution is 7.20. The maximum Gasteiger partial charge on any atom is 0.179 e. The van der Waals surface area contributed by atoms with Gasteiger partial charge in [0.05, 0.1) is 33.4 Å². The van der Waals surface area contributed by atoms with Gasteiger partial charge >= 0.3 is 0 Å². The SMILES string of the molecule is N#Cc1c(-n2c3ccccc3c3ccccc32)cccc1-n1c2ccccc2c2cc([Si](c3ccccc3)(c3ccccc3)c3ccccc3)ccc21. The van der Waals surface area contributed by atoms with Crippen molar-refractivity contribution < 1.29 is 0 Å². The van der Waals surface area contributed by atoms with Gasteiger partial charge in [-0.15, -0.1) is 0 Å². The zero-order valence-electron chi connectivity index (χ0n) is 28.9. The minimum absolute atomic E-state index is 0.632. The molecule has 0 N–H and O–H groups in total. The number of nitrogens with zero attached hydrogens (tertiary/aromatic N) is 3. The number of nitriles is 1. The molecule has 3 nitrogen and oxygen atoms in total. The van der Waals surface area contributed by atoms with Crippen LogP contribution in [0.3, 0.4) is 0 Å². The Kier molecular flexibility index (Phi) is 7.21. The van der Waals surface area contributed by atoms with Gasteiger partial charge < -0.3 is 9.13 Å². The van der Waals surface area contributed by atoms with Crippen LogP contribution < -0.4 is 20.7 Å². The summed E-state index contributed by atoms with van der Waals surface area (Å²) in [7, 11) is -2.75. The third-order valence-electron chi connectivity index (χ3n) is 10.9. The molecule has 0 aliphatic carbocycles. The van der Waals surface area contributed by atoms with Crippen molar-refractivity contribution >= 4 is 72.4 Å². The lowest BCUT2D eigenvalue weighted by molar-refractivity contribution is 1.12. The zero-order valence-corrected chi connectivity index (χ0v) is 29.9. The summed E-state index contributed by atoms with van der Waals surface area (Å²) in [6.07, 6.45) is 0. The van der Waals surface area contributed by atoms with Crippen LogP contribution in [0.1, 0.15) is 5.56 Å². The van der Waals surface area contributed by atoms with Crippen molar-refractivity contribution in [3.63, 3.8) is 0 Å². The van der Waals surface area contributed by atoms with Crippen molar-refractivity contribution in [2.75, 3.05) is 0 Å². The summed E-state index contributed by atoms with van der Waals surface area (Å²) in [5.74, 6) is 0. The summed E-state index contributed by atoms with van der Waals surface area (Å²) in [4.78, 5) is 0. The van der Waals surface area contributed by atoms with Gasteiger partial charge in [-0.05, 0) is 57.1 Å². The second kappa shape index (κ2) is 12.4. The lowest BCUT2D eigenvalue weighted by Gasteiger charge is -2.34. The Labute approximate surface area is 308 Å². The lowest BCUT2D eigenvalue weighted by atomic mass is 10.1. The third kappa shape index (κ3) is 4.58. The van der Waals surface area contributed by atoms with Crippen LogP contribution in [-0.4, -0.2) is 17.2 Å². The molecule has 0 bridgehead atoms. The normalized spacial score (nSPS) is 11.8.